The van der Waals surface area contributed by atoms with Crippen molar-refractivity contribution in [1.82, 2.24) is 10.3 Å². The van der Waals surface area contributed by atoms with Crippen LogP contribution in [-0.2, 0) is 4.79 Å². The molecule has 16 heavy (non-hydrogen) atoms. The SMILES string of the molecule is Cc1cccc(NC(=O)[C@H]2CCCNC2)n1. The zero-order valence-electron chi connectivity index (χ0n) is 9.49. The van der Waals surface area contributed by atoms with Gasteiger partial charge in [-0.1, -0.05) is 6.07 Å². The number of aromatic nitrogens is 1. The standard InChI is InChI=1S/C12H17N3O/c1-9-4-2-6-11(14-9)15-12(16)10-5-3-7-13-8-10/h2,4,6,10,13H,3,5,7-8H2,1H3,(H,14,15,16)/t10-/m0/s1. The first-order chi connectivity index (χ1) is 7.75. The van der Waals surface area contributed by atoms with Gasteiger partial charge in [0.1, 0.15) is 5.82 Å². The minimum Gasteiger partial charge on any atom is -0.316 e. The largest absolute Gasteiger partial charge is 0.316 e. The molecule has 1 amide bonds. The highest BCUT2D eigenvalue weighted by molar-refractivity contribution is 5.91. The molecule has 2 N–H and O–H groups in total. The van der Waals surface area contributed by atoms with Crippen LogP contribution in [0.2, 0.25) is 0 Å². The van der Waals surface area contributed by atoms with Crippen molar-refractivity contribution in [1.29, 1.82) is 0 Å². The Bertz CT molecular complexity index is 372. The Morgan fingerprint density at radius 2 is 2.44 bits per heavy atom. The first-order valence-electron chi connectivity index (χ1n) is 5.71. The number of aryl methyl sites for hydroxylation is 1. The maximum Gasteiger partial charge on any atom is 0.229 e. The monoisotopic (exact) mass is 219 g/mol. The Balaban J connectivity index is 1.96. The molecule has 0 aromatic carbocycles. The molecule has 1 atom stereocenters. The second kappa shape index (κ2) is 5.07. The van der Waals surface area contributed by atoms with Gasteiger partial charge in [0.05, 0.1) is 5.92 Å². The molecule has 0 spiro atoms. The number of hydrogen-bond acceptors (Lipinski definition) is 3. The van der Waals surface area contributed by atoms with Crippen LogP contribution in [0.1, 0.15) is 18.5 Å². The van der Waals surface area contributed by atoms with E-state index in [4.69, 9.17) is 0 Å². The molecule has 0 saturated carbocycles. The lowest BCUT2D eigenvalue weighted by molar-refractivity contribution is -0.120. The van der Waals surface area contributed by atoms with Gasteiger partial charge < -0.3 is 10.6 Å². The summed E-state index contributed by atoms with van der Waals surface area (Å²) in [5.41, 5.74) is 0.916. The molecule has 0 bridgehead atoms. The Morgan fingerprint density at radius 1 is 1.56 bits per heavy atom. The van der Waals surface area contributed by atoms with Crippen LogP contribution in [-0.4, -0.2) is 24.0 Å². The van der Waals surface area contributed by atoms with Gasteiger partial charge in [0.25, 0.3) is 0 Å². The van der Waals surface area contributed by atoms with Crippen LogP contribution in [0.5, 0.6) is 0 Å². The highest BCUT2D eigenvalue weighted by Gasteiger charge is 2.20. The van der Waals surface area contributed by atoms with E-state index in [1.807, 2.05) is 25.1 Å². The third-order valence-electron chi connectivity index (χ3n) is 2.81. The molecule has 86 valence electrons. The maximum absolute atomic E-state index is 11.9. The fraction of sp³-hybridized carbons (Fsp3) is 0.500. The highest BCUT2D eigenvalue weighted by atomic mass is 16.2. The summed E-state index contributed by atoms with van der Waals surface area (Å²) >= 11 is 0. The number of carbonyl (C=O) groups excluding carboxylic acids is 1. The Labute approximate surface area is 95.5 Å². The molecule has 1 aromatic rings. The molecule has 0 unspecified atom stereocenters. The Morgan fingerprint density at radius 3 is 3.12 bits per heavy atom. The molecule has 4 nitrogen and oxygen atoms in total. The van der Waals surface area contributed by atoms with Gasteiger partial charge in [0, 0.05) is 12.2 Å². The molecule has 1 aliphatic heterocycles. The van der Waals surface area contributed by atoms with Crippen LogP contribution in [0.3, 0.4) is 0 Å². The molecular formula is C12H17N3O. The van der Waals surface area contributed by atoms with Crippen molar-refractivity contribution in [2.45, 2.75) is 19.8 Å². The van der Waals surface area contributed by atoms with E-state index < -0.39 is 0 Å². The molecule has 0 aliphatic carbocycles. The first-order valence-corrected chi connectivity index (χ1v) is 5.71. The van der Waals surface area contributed by atoms with Crippen molar-refractivity contribution < 1.29 is 4.79 Å². The lowest BCUT2D eigenvalue weighted by Gasteiger charge is -2.21. The summed E-state index contributed by atoms with van der Waals surface area (Å²) in [5.74, 6) is 0.803. The zero-order valence-corrected chi connectivity index (χ0v) is 9.49. The van der Waals surface area contributed by atoms with Crippen molar-refractivity contribution >= 4 is 11.7 Å². The molecule has 1 aromatic heterocycles. The number of hydrogen-bond donors (Lipinski definition) is 2. The second-order valence-electron chi connectivity index (χ2n) is 4.20. The van der Waals surface area contributed by atoms with Gasteiger partial charge >= 0.3 is 0 Å². The summed E-state index contributed by atoms with van der Waals surface area (Å²) in [4.78, 5) is 16.1. The van der Waals surface area contributed by atoms with E-state index in [0.717, 1.165) is 31.6 Å². The van der Waals surface area contributed by atoms with E-state index in [1.54, 1.807) is 0 Å². The van der Waals surface area contributed by atoms with Crippen molar-refractivity contribution in [2.75, 3.05) is 18.4 Å². The lowest BCUT2D eigenvalue weighted by atomic mass is 9.99. The van der Waals surface area contributed by atoms with Crippen molar-refractivity contribution in [3.63, 3.8) is 0 Å². The smallest absolute Gasteiger partial charge is 0.229 e. The molecule has 1 aliphatic rings. The fourth-order valence-corrected chi connectivity index (χ4v) is 1.92. The third-order valence-corrected chi connectivity index (χ3v) is 2.81. The number of carbonyl (C=O) groups is 1. The minimum atomic E-state index is 0.0744. The summed E-state index contributed by atoms with van der Waals surface area (Å²) in [6.07, 6.45) is 2.03. The van der Waals surface area contributed by atoms with Gasteiger partial charge in [0.15, 0.2) is 0 Å². The number of nitrogens with zero attached hydrogens (tertiary/aromatic N) is 1. The topological polar surface area (TPSA) is 54.0 Å². The van der Waals surface area contributed by atoms with E-state index in [1.165, 1.54) is 0 Å². The van der Waals surface area contributed by atoms with Crippen LogP contribution >= 0.6 is 0 Å². The van der Waals surface area contributed by atoms with Crippen LogP contribution in [0, 0.1) is 12.8 Å². The maximum atomic E-state index is 11.9. The normalized spacial score (nSPS) is 20.4. The number of pyridine rings is 1. The lowest BCUT2D eigenvalue weighted by Crippen LogP contribution is -2.37. The molecular weight excluding hydrogens is 202 g/mol. The molecule has 1 saturated heterocycles. The Kier molecular flexibility index (Phi) is 3.51. The zero-order chi connectivity index (χ0) is 11.4. The average molecular weight is 219 g/mol. The number of nitrogens with one attached hydrogen (secondary N) is 2. The summed E-state index contributed by atoms with van der Waals surface area (Å²) in [7, 11) is 0. The summed E-state index contributed by atoms with van der Waals surface area (Å²) in [6, 6.07) is 5.63. The van der Waals surface area contributed by atoms with Crippen molar-refractivity contribution in [3.8, 4) is 0 Å². The van der Waals surface area contributed by atoms with E-state index in [0.29, 0.717) is 5.82 Å². The summed E-state index contributed by atoms with van der Waals surface area (Å²) in [6.45, 7) is 3.71. The molecule has 4 heteroatoms. The Hall–Kier alpha value is -1.42. The van der Waals surface area contributed by atoms with Gasteiger partial charge in [-0.2, -0.15) is 0 Å². The van der Waals surface area contributed by atoms with E-state index >= 15 is 0 Å². The van der Waals surface area contributed by atoms with E-state index in [-0.39, 0.29) is 11.8 Å². The van der Waals surface area contributed by atoms with Crippen molar-refractivity contribution in [2.24, 2.45) is 5.92 Å². The predicted molar refractivity (Wildman–Crippen MR) is 63.2 cm³/mol. The fourth-order valence-electron chi connectivity index (χ4n) is 1.92. The number of rotatable bonds is 2. The summed E-state index contributed by atoms with van der Waals surface area (Å²) in [5, 5.41) is 6.09. The van der Waals surface area contributed by atoms with Crippen molar-refractivity contribution in [3.05, 3.63) is 23.9 Å². The van der Waals surface area contributed by atoms with E-state index in [9.17, 15) is 4.79 Å². The molecule has 0 radical (unpaired) electrons. The second-order valence-corrected chi connectivity index (χ2v) is 4.20. The van der Waals surface area contributed by atoms with Gasteiger partial charge in [-0.25, -0.2) is 4.98 Å². The van der Waals surface area contributed by atoms with Crippen LogP contribution in [0.4, 0.5) is 5.82 Å². The number of piperidine rings is 1. The van der Waals surface area contributed by atoms with Gasteiger partial charge in [-0.05, 0) is 38.4 Å². The van der Waals surface area contributed by atoms with E-state index in [2.05, 4.69) is 15.6 Å². The minimum absolute atomic E-state index is 0.0744. The first kappa shape index (κ1) is 11.1. The number of anilines is 1. The van der Waals surface area contributed by atoms with Gasteiger partial charge in [0.2, 0.25) is 5.91 Å². The molecule has 2 rings (SSSR count). The van der Waals surface area contributed by atoms with Crippen LogP contribution < -0.4 is 10.6 Å². The predicted octanol–water partition coefficient (Wildman–Crippen LogP) is 1.33. The van der Waals surface area contributed by atoms with Gasteiger partial charge in [-0.3, -0.25) is 4.79 Å². The highest BCUT2D eigenvalue weighted by Crippen LogP contribution is 2.13. The third kappa shape index (κ3) is 2.79. The van der Waals surface area contributed by atoms with Crippen LogP contribution in [0.15, 0.2) is 18.2 Å². The molecule has 2 heterocycles. The molecule has 1 fully saturated rings. The average Bonchev–Trinajstić information content (AvgIpc) is 2.30. The summed E-state index contributed by atoms with van der Waals surface area (Å²) < 4.78 is 0. The van der Waals surface area contributed by atoms with Crippen LogP contribution in [0.25, 0.3) is 0 Å². The quantitative estimate of drug-likeness (QED) is 0.789. The van der Waals surface area contributed by atoms with Gasteiger partial charge in [-0.15, -0.1) is 0 Å². The number of amides is 1.